The molecule has 0 amide bonds. The van der Waals surface area contributed by atoms with Gasteiger partial charge < -0.3 is 5.32 Å². The van der Waals surface area contributed by atoms with Crippen LogP contribution in [0.3, 0.4) is 0 Å². The Kier molecular flexibility index (Phi) is 4.51. The topological polar surface area (TPSA) is 29.1 Å². The monoisotopic (exact) mass is 259 g/mol. The van der Waals surface area contributed by atoms with Gasteiger partial charge in [0.05, 0.1) is 13.1 Å². The third-order valence-electron chi connectivity index (χ3n) is 2.75. The van der Waals surface area contributed by atoms with Gasteiger partial charge in [-0.2, -0.15) is 13.2 Å². The van der Waals surface area contributed by atoms with Crippen molar-refractivity contribution in [2.24, 2.45) is 0 Å². The number of rotatable bonds is 4. The Labute approximate surface area is 104 Å². The lowest BCUT2D eigenvalue weighted by Gasteiger charge is -2.11. The Morgan fingerprint density at radius 2 is 1.67 bits per heavy atom. The molecule has 1 N–H and O–H groups in total. The van der Waals surface area contributed by atoms with Crippen LogP contribution in [-0.2, 0) is 0 Å². The molecule has 1 aromatic rings. The van der Waals surface area contributed by atoms with E-state index < -0.39 is 12.7 Å². The van der Waals surface area contributed by atoms with Gasteiger partial charge in [-0.3, -0.25) is 4.79 Å². The van der Waals surface area contributed by atoms with Crippen molar-refractivity contribution in [3.63, 3.8) is 0 Å². The Balaban J connectivity index is 2.70. The highest BCUT2D eigenvalue weighted by Crippen LogP contribution is 2.16. The van der Waals surface area contributed by atoms with Crippen LogP contribution in [-0.4, -0.2) is 25.0 Å². The summed E-state index contributed by atoms with van der Waals surface area (Å²) in [5.74, 6) is -0.320. The van der Waals surface area contributed by atoms with Gasteiger partial charge in [0.2, 0.25) is 0 Å². The zero-order valence-electron chi connectivity index (χ0n) is 10.6. The molecule has 1 rings (SSSR count). The van der Waals surface area contributed by atoms with Crippen molar-refractivity contribution in [1.29, 1.82) is 0 Å². The fraction of sp³-hybridized carbons (Fsp3) is 0.462. The maximum atomic E-state index is 11.9. The van der Waals surface area contributed by atoms with Gasteiger partial charge in [-0.25, -0.2) is 0 Å². The van der Waals surface area contributed by atoms with Gasteiger partial charge in [-0.15, -0.1) is 0 Å². The first-order valence-corrected chi connectivity index (χ1v) is 5.59. The van der Waals surface area contributed by atoms with Crippen LogP contribution >= 0.6 is 0 Å². The summed E-state index contributed by atoms with van der Waals surface area (Å²) in [5, 5.41) is 2.11. The van der Waals surface area contributed by atoms with Gasteiger partial charge in [0.25, 0.3) is 0 Å². The van der Waals surface area contributed by atoms with Crippen LogP contribution in [0.5, 0.6) is 0 Å². The lowest BCUT2D eigenvalue weighted by atomic mass is 9.98. The Hall–Kier alpha value is -1.36. The second-order valence-corrected chi connectivity index (χ2v) is 4.39. The summed E-state index contributed by atoms with van der Waals surface area (Å²) in [5.41, 5.74) is 3.29. The third-order valence-corrected chi connectivity index (χ3v) is 2.75. The second-order valence-electron chi connectivity index (χ2n) is 4.39. The summed E-state index contributed by atoms with van der Waals surface area (Å²) >= 11 is 0. The fourth-order valence-corrected chi connectivity index (χ4v) is 1.67. The summed E-state index contributed by atoms with van der Waals surface area (Å²) in [6.07, 6.45) is -4.29. The summed E-state index contributed by atoms with van der Waals surface area (Å²) in [6, 6.07) is 3.59. The Morgan fingerprint density at radius 1 is 1.11 bits per heavy atom. The van der Waals surface area contributed by atoms with E-state index in [1.54, 1.807) is 13.0 Å². The first-order chi connectivity index (χ1) is 8.20. The number of carbonyl (C=O) groups excluding carboxylic acids is 1. The lowest BCUT2D eigenvalue weighted by Crippen LogP contribution is -2.33. The Morgan fingerprint density at radius 3 is 2.22 bits per heavy atom. The predicted octanol–water partition coefficient (Wildman–Crippen LogP) is 2.95. The molecule has 0 bridgehead atoms. The maximum absolute atomic E-state index is 11.9. The summed E-state index contributed by atoms with van der Waals surface area (Å²) < 4.78 is 35.8. The van der Waals surface area contributed by atoms with E-state index in [9.17, 15) is 18.0 Å². The molecule has 0 unspecified atom stereocenters. The molecule has 18 heavy (non-hydrogen) atoms. The van der Waals surface area contributed by atoms with Gasteiger partial charge in [-0.1, -0.05) is 6.07 Å². The third kappa shape index (κ3) is 4.14. The standard InChI is InChI=1S/C13H16F3NO/c1-8-4-10(3)11(5-9(8)2)12(18)6-17-7-13(14,15)16/h4-5,17H,6-7H2,1-3H3. The van der Waals surface area contributed by atoms with Crippen LogP contribution in [0.25, 0.3) is 0 Å². The second kappa shape index (κ2) is 5.52. The van der Waals surface area contributed by atoms with Gasteiger partial charge in [-0.05, 0) is 43.5 Å². The van der Waals surface area contributed by atoms with Crippen LogP contribution in [0, 0.1) is 20.8 Å². The van der Waals surface area contributed by atoms with Crippen LogP contribution < -0.4 is 5.32 Å². The van der Waals surface area contributed by atoms with Crippen molar-refractivity contribution in [3.8, 4) is 0 Å². The molecule has 0 saturated carbocycles. The zero-order valence-corrected chi connectivity index (χ0v) is 10.6. The molecule has 0 heterocycles. The number of hydrogen-bond donors (Lipinski definition) is 1. The van der Waals surface area contributed by atoms with Crippen LogP contribution in [0.4, 0.5) is 13.2 Å². The van der Waals surface area contributed by atoms with Crippen LogP contribution in [0.2, 0.25) is 0 Å². The molecule has 0 spiro atoms. The molecule has 0 atom stereocenters. The van der Waals surface area contributed by atoms with Crippen molar-refractivity contribution in [1.82, 2.24) is 5.32 Å². The van der Waals surface area contributed by atoms with Crippen LogP contribution in [0.1, 0.15) is 27.0 Å². The first-order valence-electron chi connectivity index (χ1n) is 5.59. The molecule has 100 valence electrons. The molecule has 5 heteroatoms. The number of aryl methyl sites for hydroxylation is 3. The number of Topliss-reactive ketones (excluding diaryl/α,β-unsaturated/α-hetero) is 1. The highest BCUT2D eigenvalue weighted by atomic mass is 19.4. The molecule has 0 aliphatic carbocycles. The van der Waals surface area contributed by atoms with Gasteiger partial charge in [0.1, 0.15) is 0 Å². The average Bonchev–Trinajstić information content (AvgIpc) is 2.21. The minimum Gasteiger partial charge on any atom is -0.302 e. The number of hydrogen-bond acceptors (Lipinski definition) is 2. The van der Waals surface area contributed by atoms with E-state index in [0.29, 0.717) is 5.56 Å². The SMILES string of the molecule is Cc1cc(C)c(C(=O)CNCC(F)(F)F)cc1C. The maximum Gasteiger partial charge on any atom is 0.401 e. The van der Waals surface area contributed by atoms with Gasteiger partial charge in [0, 0.05) is 5.56 Å². The fourth-order valence-electron chi connectivity index (χ4n) is 1.67. The summed E-state index contributed by atoms with van der Waals surface area (Å²) in [7, 11) is 0. The quantitative estimate of drug-likeness (QED) is 0.842. The van der Waals surface area contributed by atoms with E-state index in [-0.39, 0.29) is 12.3 Å². The number of ketones is 1. The van der Waals surface area contributed by atoms with Gasteiger partial charge >= 0.3 is 6.18 Å². The number of carbonyl (C=O) groups is 1. The molecule has 0 aliphatic rings. The summed E-state index contributed by atoms with van der Waals surface area (Å²) in [6.45, 7) is 4.13. The summed E-state index contributed by atoms with van der Waals surface area (Å²) in [4.78, 5) is 11.8. The molecule has 0 aliphatic heterocycles. The molecule has 1 aromatic carbocycles. The average molecular weight is 259 g/mol. The minimum absolute atomic E-state index is 0.303. The van der Waals surface area contributed by atoms with E-state index in [1.807, 2.05) is 19.9 Å². The number of alkyl halides is 3. The minimum atomic E-state index is -4.29. The van der Waals surface area contributed by atoms with Crippen molar-refractivity contribution in [3.05, 3.63) is 34.4 Å². The highest BCUT2D eigenvalue weighted by molar-refractivity contribution is 5.99. The number of nitrogens with one attached hydrogen (secondary N) is 1. The lowest BCUT2D eigenvalue weighted by molar-refractivity contribution is -0.124. The van der Waals surface area contributed by atoms with E-state index in [1.165, 1.54) is 0 Å². The number of halogens is 3. The zero-order chi connectivity index (χ0) is 13.9. The van der Waals surface area contributed by atoms with E-state index in [2.05, 4.69) is 5.32 Å². The first kappa shape index (κ1) is 14.7. The molecule has 0 aromatic heterocycles. The van der Waals surface area contributed by atoms with Gasteiger partial charge in [0.15, 0.2) is 5.78 Å². The van der Waals surface area contributed by atoms with Crippen LogP contribution in [0.15, 0.2) is 12.1 Å². The van der Waals surface area contributed by atoms with Crippen molar-refractivity contribution >= 4 is 5.78 Å². The van der Waals surface area contributed by atoms with E-state index in [0.717, 1.165) is 16.7 Å². The molecule has 0 radical (unpaired) electrons. The molecule has 2 nitrogen and oxygen atoms in total. The largest absolute Gasteiger partial charge is 0.401 e. The molecular weight excluding hydrogens is 243 g/mol. The van der Waals surface area contributed by atoms with E-state index in [4.69, 9.17) is 0 Å². The molecular formula is C13H16F3NO. The van der Waals surface area contributed by atoms with E-state index >= 15 is 0 Å². The highest BCUT2D eigenvalue weighted by Gasteiger charge is 2.26. The molecule has 0 fully saturated rings. The normalized spacial score (nSPS) is 11.7. The molecule has 0 saturated heterocycles. The van der Waals surface area contributed by atoms with Crippen molar-refractivity contribution in [2.75, 3.05) is 13.1 Å². The van der Waals surface area contributed by atoms with Crippen molar-refractivity contribution in [2.45, 2.75) is 26.9 Å². The predicted molar refractivity (Wildman–Crippen MR) is 63.9 cm³/mol. The smallest absolute Gasteiger partial charge is 0.302 e. The number of benzene rings is 1. The van der Waals surface area contributed by atoms with Crippen molar-refractivity contribution < 1.29 is 18.0 Å². The Bertz CT molecular complexity index is 452.